The molecule has 7 nitrogen and oxygen atoms in total. The van der Waals surface area contributed by atoms with Gasteiger partial charge in [-0.05, 0) is 33.4 Å². The van der Waals surface area contributed by atoms with Crippen molar-refractivity contribution in [3.05, 3.63) is 37.0 Å². The molecule has 0 atom stereocenters. The third-order valence-electron chi connectivity index (χ3n) is 3.33. The molecule has 0 N–H and O–H groups in total. The first-order valence-electron chi connectivity index (χ1n) is 9.68. The highest BCUT2D eigenvalue weighted by Gasteiger charge is 2.04. The summed E-state index contributed by atoms with van der Waals surface area (Å²) in [5, 5.41) is 0. The maximum absolute atomic E-state index is 11.0. The minimum atomic E-state index is -0.347. The Bertz CT molecular complexity index is 509. The Morgan fingerprint density at radius 1 is 0.897 bits per heavy atom. The van der Waals surface area contributed by atoms with Gasteiger partial charge in [-0.15, -0.1) is 0 Å². The molecule has 0 saturated carbocycles. The van der Waals surface area contributed by atoms with Gasteiger partial charge in [0.15, 0.2) is 0 Å². The first kappa shape index (κ1) is 31.3. The molecule has 0 aliphatic heterocycles. The molecule has 0 aliphatic rings. The van der Waals surface area contributed by atoms with Gasteiger partial charge in [-0.3, -0.25) is 0 Å². The van der Waals surface area contributed by atoms with E-state index in [1.54, 1.807) is 13.8 Å². The van der Waals surface area contributed by atoms with Gasteiger partial charge in [0, 0.05) is 23.8 Å². The molecule has 0 aromatic rings. The van der Waals surface area contributed by atoms with Gasteiger partial charge in [-0.2, -0.15) is 0 Å². The number of carbonyl (C=O) groups is 3. The SMILES string of the molecule is C=C(C)C(=O)OC.C=C(C)C(=O)OCCN(CC)CC.C=CC(=O)OCCCC. The van der Waals surface area contributed by atoms with Crippen molar-refractivity contribution < 1.29 is 28.6 Å². The zero-order valence-corrected chi connectivity index (χ0v) is 19.0. The maximum Gasteiger partial charge on any atom is 0.333 e. The molecule has 0 heterocycles. The van der Waals surface area contributed by atoms with Crippen molar-refractivity contribution in [3.63, 3.8) is 0 Å². The molecule has 0 aromatic carbocycles. The number of carbonyl (C=O) groups excluding carboxylic acids is 3. The van der Waals surface area contributed by atoms with Crippen molar-refractivity contribution in [1.29, 1.82) is 0 Å². The van der Waals surface area contributed by atoms with Crippen LogP contribution < -0.4 is 0 Å². The molecule has 0 spiro atoms. The average Bonchev–Trinajstić information content (AvgIpc) is 2.71. The predicted molar refractivity (Wildman–Crippen MR) is 116 cm³/mol. The molecule has 0 rings (SSSR count). The lowest BCUT2D eigenvalue weighted by Crippen LogP contribution is -2.27. The van der Waals surface area contributed by atoms with E-state index in [2.05, 4.69) is 48.0 Å². The topological polar surface area (TPSA) is 82.1 Å². The Hall–Kier alpha value is -2.41. The number of likely N-dealkylation sites (N-methyl/N-ethyl adjacent to an activating group) is 1. The van der Waals surface area contributed by atoms with Gasteiger partial charge < -0.3 is 19.1 Å². The summed E-state index contributed by atoms with van der Waals surface area (Å²) in [7, 11) is 1.33. The Labute approximate surface area is 176 Å². The largest absolute Gasteiger partial charge is 0.466 e. The van der Waals surface area contributed by atoms with Crippen LogP contribution in [-0.4, -0.2) is 62.8 Å². The third-order valence-corrected chi connectivity index (χ3v) is 3.33. The number of nitrogens with zero attached hydrogens (tertiary/aromatic N) is 1. The van der Waals surface area contributed by atoms with Gasteiger partial charge in [-0.25, -0.2) is 14.4 Å². The number of hydrogen-bond donors (Lipinski definition) is 0. The van der Waals surface area contributed by atoms with E-state index in [-0.39, 0.29) is 17.9 Å². The predicted octanol–water partition coefficient (Wildman–Crippen LogP) is 3.70. The second kappa shape index (κ2) is 21.9. The molecule has 0 aromatic heterocycles. The Kier molecular flexibility index (Phi) is 23.6. The van der Waals surface area contributed by atoms with Gasteiger partial charge in [0.25, 0.3) is 0 Å². The van der Waals surface area contributed by atoms with E-state index in [4.69, 9.17) is 4.74 Å². The summed E-state index contributed by atoms with van der Waals surface area (Å²) in [6.45, 7) is 23.3. The van der Waals surface area contributed by atoms with Crippen LogP contribution in [0.15, 0.2) is 37.0 Å². The first-order chi connectivity index (χ1) is 13.6. The molecular weight excluding hydrogens is 374 g/mol. The fourth-order valence-corrected chi connectivity index (χ4v) is 1.48. The molecule has 0 unspecified atom stereocenters. The van der Waals surface area contributed by atoms with Gasteiger partial charge in [-0.1, -0.05) is 46.9 Å². The highest BCUT2D eigenvalue weighted by atomic mass is 16.5. The summed E-state index contributed by atoms with van der Waals surface area (Å²) in [5.41, 5.74) is 0.891. The van der Waals surface area contributed by atoms with Gasteiger partial charge >= 0.3 is 17.9 Å². The molecule has 7 heteroatoms. The van der Waals surface area contributed by atoms with Crippen LogP contribution in [0.1, 0.15) is 47.5 Å². The fraction of sp³-hybridized carbons (Fsp3) is 0.591. The summed E-state index contributed by atoms with van der Waals surface area (Å²) in [4.78, 5) is 33.7. The van der Waals surface area contributed by atoms with Crippen LogP contribution in [0.5, 0.6) is 0 Å². The van der Waals surface area contributed by atoms with E-state index in [0.717, 1.165) is 32.5 Å². The first-order valence-corrected chi connectivity index (χ1v) is 9.68. The molecule has 168 valence electrons. The summed E-state index contributed by atoms with van der Waals surface area (Å²) in [5.74, 6) is -0.976. The monoisotopic (exact) mass is 413 g/mol. The number of methoxy groups -OCH3 is 1. The second-order valence-electron chi connectivity index (χ2n) is 5.94. The smallest absolute Gasteiger partial charge is 0.333 e. The minimum Gasteiger partial charge on any atom is -0.466 e. The summed E-state index contributed by atoms with van der Waals surface area (Å²) >= 11 is 0. The highest BCUT2D eigenvalue weighted by Crippen LogP contribution is 1.93. The molecule has 0 amide bonds. The van der Waals surface area contributed by atoms with Crippen molar-refractivity contribution in [3.8, 4) is 0 Å². The molecule has 0 aliphatic carbocycles. The van der Waals surface area contributed by atoms with Gasteiger partial charge in [0.1, 0.15) is 6.61 Å². The zero-order chi connectivity index (χ0) is 23.2. The summed E-state index contributed by atoms with van der Waals surface area (Å²) < 4.78 is 13.9. The van der Waals surface area contributed by atoms with Crippen molar-refractivity contribution in [1.82, 2.24) is 4.90 Å². The summed E-state index contributed by atoms with van der Waals surface area (Å²) in [6, 6.07) is 0. The van der Waals surface area contributed by atoms with E-state index < -0.39 is 0 Å². The number of ether oxygens (including phenoxy) is 3. The highest BCUT2D eigenvalue weighted by molar-refractivity contribution is 5.87. The van der Waals surface area contributed by atoms with E-state index in [9.17, 15) is 14.4 Å². The van der Waals surface area contributed by atoms with E-state index in [1.807, 2.05) is 6.92 Å². The lowest BCUT2D eigenvalue weighted by molar-refractivity contribution is -0.139. The van der Waals surface area contributed by atoms with Crippen LogP contribution in [0.4, 0.5) is 0 Å². The Balaban J connectivity index is -0.000000370. The normalized spacial score (nSPS) is 9.07. The third kappa shape index (κ3) is 23.6. The molecule has 0 radical (unpaired) electrons. The second-order valence-corrected chi connectivity index (χ2v) is 5.94. The van der Waals surface area contributed by atoms with Crippen LogP contribution in [0.3, 0.4) is 0 Å². The number of hydrogen-bond acceptors (Lipinski definition) is 7. The van der Waals surface area contributed by atoms with Crippen LogP contribution in [0, 0.1) is 0 Å². The number of rotatable bonds is 11. The van der Waals surface area contributed by atoms with Crippen LogP contribution in [-0.2, 0) is 28.6 Å². The van der Waals surface area contributed by atoms with Crippen LogP contribution in [0.2, 0.25) is 0 Å². The van der Waals surface area contributed by atoms with E-state index in [0.29, 0.717) is 24.4 Å². The number of unbranched alkanes of at least 4 members (excludes halogenated alkanes) is 1. The fourth-order valence-electron chi connectivity index (χ4n) is 1.48. The summed E-state index contributed by atoms with van der Waals surface area (Å²) in [6.07, 6.45) is 3.15. The molecule has 0 bridgehead atoms. The quantitative estimate of drug-likeness (QED) is 0.221. The van der Waals surface area contributed by atoms with Gasteiger partial charge in [0.05, 0.1) is 13.7 Å². The van der Waals surface area contributed by atoms with Crippen LogP contribution in [0.25, 0.3) is 0 Å². The molecular formula is C22H39NO6. The minimum absolute atomic E-state index is 0.299. The molecule has 0 saturated heterocycles. The van der Waals surface area contributed by atoms with Crippen molar-refractivity contribution in [2.24, 2.45) is 0 Å². The van der Waals surface area contributed by atoms with E-state index >= 15 is 0 Å². The maximum atomic E-state index is 11.0. The lowest BCUT2D eigenvalue weighted by Gasteiger charge is -2.17. The average molecular weight is 414 g/mol. The van der Waals surface area contributed by atoms with Crippen molar-refractivity contribution in [2.75, 3.05) is 40.0 Å². The number of esters is 3. The molecule has 29 heavy (non-hydrogen) atoms. The standard InChI is InChI=1S/C10H19NO2.C7H12O2.C5H8O2/c1-5-11(6-2)7-8-13-10(12)9(3)4;1-3-5-6-9-7(8)4-2;1-4(2)5(6)7-3/h3,5-8H2,1-2,4H3;4H,2-3,5-6H2,1H3;1H2,2-3H3. The Morgan fingerprint density at radius 2 is 1.41 bits per heavy atom. The van der Waals surface area contributed by atoms with E-state index in [1.165, 1.54) is 13.2 Å². The lowest BCUT2D eigenvalue weighted by atomic mass is 10.4. The van der Waals surface area contributed by atoms with Crippen LogP contribution >= 0.6 is 0 Å². The Morgan fingerprint density at radius 3 is 1.72 bits per heavy atom. The molecule has 0 fully saturated rings. The van der Waals surface area contributed by atoms with Crippen molar-refractivity contribution >= 4 is 17.9 Å². The zero-order valence-electron chi connectivity index (χ0n) is 19.0. The van der Waals surface area contributed by atoms with Gasteiger partial charge in [0.2, 0.25) is 0 Å². The van der Waals surface area contributed by atoms with Crippen molar-refractivity contribution in [2.45, 2.75) is 47.5 Å².